The van der Waals surface area contributed by atoms with E-state index in [0.717, 1.165) is 21.3 Å². The van der Waals surface area contributed by atoms with Crippen LogP contribution in [0.2, 0.25) is 0 Å². The molecule has 0 fully saturated rings. The van der Waals surface area contributed by atoms with Crippen LogP contribution in [0, 0.1) is 12.8 Å². The summed E-state index contributed by atoms with van der Waals surface area (Å²) in [6.07, 6.45) is 0.128. The third-order valence-corrected chi connectivity index (χ3v) is 5.15. The Bertz CT molecular complexity index is 903. The van der Waals surface area contributed by atoms with E-state index in [0.29, 0.717) is 6.54 Å². The molecule has 4 amide bonds. The Morgan fingerprint density at radius 2 is 1.71 bits per heavy atom. The molecule has 0 aliphatic carbocycles. The number of urea groups is 1. The zero-order valence-corrected chi connectivity index (χ0v) is 19.6. The summed E-state index contributed by atoms with van der Waals surface area (Å²) < 4.78 is 0.873. The van der Waals surface area contributed by atoms with E-state index >= 15 is 0 Å². The van der Waals surface area contributed by atoms with Gasteiger partial charge >= 0.3 is 6.03 Å². The number of amides is 4. The normalized spacial score (nSPS) is 11.5. The second-order valence-electron chi connectivity index (χ2n) is 7.58. The summed E-state index contributed by atoms with van der Waals surface area (Å²) in [6, 6.07) is 14.0. The van der Waals surface area contributed by atoms with E-state index in [1.807, 2.05) is 69.3 Å². The van der Waals surface area contributed by atoms with Crippen LogP contribution in [0.1, 0.15) is 31.4 Å². The number of hydrogen-bond donors (Lipinski definition) is 4. The maximum Gasteiger partial charge on any atom is 0.315 e. The van der Waals surface area contributed by atoms with Gasteiger partial charge in [0.25, 0.3) is 0 Å². The monoisotopic (exact) mass is 488 g/mol. The molecule has 8 heteroatoms. The van der Waals surface area contributed by atoms with Crippen molar-refractivity contribution in [3.63, 3.8) is 0 Å². The zero-order valence-electron chi connectivity index (χ0n) is 18.0. The summed E-state index contributed by atoms with van der Waals surface area (Å²) in [7, 11) is 0. The largest absolute Gasteiger partial charge is 0.354 e. The Kier molecular flexibility index (Phi) is 9.52. The lowest BCUT2D eigenvalue weighted by Crippen LogP contribution is -2.52. The van der Waals surface area contributed by atoms with Crippen molar-refractivity contribution in [3.05, 3.63) is 64.1 Å². The summed E-state index contributed by atoms with van der Waals surface area (Å²) in [5, 5.41) is 11.0. The van der Waals surface area contributed by atoms with Gasteiger partial charge in [-0.15, -0.1) is 0 Å². The lowest BCUT2D eigenvalue weighted by molar-refractivity contribution is -0.124. The van der Waals surface area contributed by atoms with Crippen LogP contribution >= 0.6 is 15.9 Å². The predicted molar refractivity (Wildman–Crippen MR) is 126 cm³/mol. The highest BCUT2D eigenvalue weighted by atomic mass is 79.9. The fraction of sp³-hybridized carbons (Fsp3) is 0.348. The van der Waals surface area contributed by atoms with Crippen LogP contribution in [0.3, 0.4) is 0 Å². The average Bonchev–Trinajstić information content (AvgIpc) is 2.73. The fourth-order valence-corrected chi connectivity index (χ4v) is 3.22. The van der Waals surface area contributed by atoms with Crippen molar-refractivity contribution in [3.8, 4) is 0 Å². The van der Waals surface area contributed by atoms with Crippen LogP contribution in [0.25, 0.3) is 0 Å². The number of carbonyl (C=O) groups is 3. The molecule has 166 valence electrons. The van der Waals surface area contributed by atoms with E-state index in [4.69, 9.17) is 0 Å². The number of carbonyl (C=O) groups excluding carboxylic acids is 3. The number of hydrogen-bond acceptors (Lipinski definition) is 3. The van der Waals surface area contributed by atoms with E-state index in [-0.39, 0.29) is 30.7 Å². The van der Waals surface area contributed by atoms with E-state index in [1.54, 1.807) is 0 Å². The highest BCUT2D eigenvalue weighted by Crippen LogP contribution is 2.20. The first-order valence-electron chi connectivity index (χ1n) is 10.2. The standard InChI is InChI=1S/C23H29BrN4O3/c1-15(2)21(28-23(31)26-14-17-7-5-4-6-8-17)22(30)25-12-11-20(29)27-19-13-18(24)10-9-16(19)3/h4-10,13,15,21H,11-12,14H2,1-3H3,(H,25,30)(H,27,29)(H2,26,28,31). The summed E-state index contributed by atoms with van der Waals surface area (Å²) in [6.45, 7) is 6.16. The second kappa shape index (κ2) is 12.1. The maximum atomic E-state index is 12.5. The van der Waals surface area contributed by atoms with Crippen molar-refractivity contribution in [2.24, 2.45) is 5.92 Å². The molecule has 31 heavy (non-hydrogen) atoms. The Hall–Kier alpha value is -2.87. The topological polar surface area (TPSA) is 99.3 Å². The molecule has 0 saturated carbocycles. The molecule has 0 aliphatic rings. The first-order chi connectivity index (χ1) is 14.8. The lowest BCUT2D eigenvalue weighted by Gasteiger charge is -2.22. The van der Waals surface area contributed by atoms with Crippen LogP contribution < -0.4 is 21.3 Å². The number of anilines is 1. The molecule has 4 N–H and O–H groups in total. The third kappa shape index (κ3) is 8.41. The Morgan fingerprint density at radius 1 is 1.00 bits per heavy atom. The maximum absolute atomic E-state index is 12.5. The number of rotatable bonds is 9. The number of aryl methyl sites for hydroxylation is 1. The van der Waals surface area contributed by atoms with E-state index < -0.39 is 12.1 Å². The molecule has 2 aromatic carbocycles. The molecule has 1 atom stereocenters. The van der Waals surface area contributed by atoms with Crippen molar-refractivity contribution < 1.29 is 14.4 Å². The van der Waals surface area contributed by atoms with Gasteiger partial charge in [-0.05, 0) is 36.1 Å². The number of halogens is 1. The van der Waals surface area contributed by atoms with E-state index in [1.165, 1.54) is 0 Å². The van der Waals surface area contributed by atoms with Gasteiger partial charge in [-0.3, -0.25) is 9.59 Å². The van der Waals surface area contributed by atoms with Gasteiger partial charge in [0.2, 0.25) is 11.8 Å². The van der Waals surface area contributed by atoms with Crippen LogP contribution in [0.4, 0.5) is 10.5 Å². The molecule has 2 rings (SSSR count). The summed E-state index contributed by atoms with van der Waals surface area (Å²) >= 11 is 3.38. The molecule has 0 saturated heterocycles. The highest BCUT2D eigenvalue weighted by Gasteiger charge is 2.24. The molecule has 1 unspecified atom stereocenters. The molecule has 0 heterocycles. The molecular weight excluding hydrogens is 460 g/mol. The van der Waals surface area contributed by atoms with E-state index in [9.17, 15) is 14.4 Å². The minimum Gasteiger partial charge on any atom is -0.354 e. The molecule has 2 aromatic rings. The average molecular weight is 489 g/mol. The highest BCUT2D eigenvalue weighted by molar-refractivity contribution is 9.10. The molecule has 0 spiro atoms. The summed E-state index contributed by atoms with van der Waals surface area (Å²) in [5.74, 6) is -0.631. The van der Waals surface area contributed by atoms with Gasteiger partial charge < -0.3 is 21.3 Å². The first-order valence-corrected chi connectivity index (χ1v) is 11.0. The predicted octanol–water partition coefficient (Wildman–Crippen LogP) is 3.73. The number of benzene rings is 2. The van der Waals surface area contributed by atoms with Crippen LogP contribution in [0.15, 0.2) is 53.0 Å². The first kappa shape index (κ1) is 24.4. The van der Waals surface area contributed by atoms with Gasteiger partial charge in [0.15, 0.2) is 0 Å². The van der Waals surface area contributed by atoms with Gasteiger partial charge in [-0.25, -0.2) is 4.79 Å². The Balaban J connectivity index is 1.78. The van der Waals surface area contributed by atoms with Crippen molar-refractivity contribution in [1.82, 2.24) is 16.0 Å². The molecule has 0 aromatic heterocycles. The van der Waals surface area contributed by atoms with Crippen molar-refractivity contribution in [2.75, 3.05) is 11.9 Å². The van der Waals surface area contributed by atoms with Crippen LogP contribution in [0.5, 0.6) is 0 Å². The molecule has 0 aliphatic heterocycles. The minimum absolute atomic E-state index is 0.111. The SMILES string of the molecule is Cc1ccc(Br)cc1NC(=O)CCNC(=O)C(NC(=O)NCc1ccccc1)C(C)C. The molecule has 7 nitrogen and oxygen atoms in total. The van der Waals surface area contributed by atoms with Crippen molar-refractivity contribution in [1.29, 1.82) is 0 Å². The molecule has 0 bridgehead atoms. The van der Waals surface area contributed by atoms with Crippen LogP contribution in [-0.2, 0) is 16.1 Å². The fourth-order valence-electron chi connectivity index (χ4n) is 2.86. The minimum atomic E-state index is -0.703. The van der Waals surface area contributed by atoms with E-state index in [2.05, 4.69) is 37.2 Å². The lowest BCUT2D eigenvalue weighted by atomic mass is 10.0. The quantitative estimate of drug-likeness (QED) is 0.432. The Labute approximate surface area is 191 Å². The van der Waals surface area contributed by atoms with Gasteiger partial charge in [-0.1, -0.05) is 66.2 Å². The second-order valence-corrected chi connectivity index (χ2v) is 8.50. The molecule has 0 radical (unpaired) electrons. The van der Waals surface area contributed by atoms with Crippen molar-refractivity contribution in [2.45, 2.75) is 39.8 Å². The van der Waals surface area contributed by atoms with Gasteiger partial charge in [0.1, 0.15) is 6.04 Å². The van der Waals surface area contributed by atoms with Crippen molar-refractivity contribution >= 4 is 39.5 Å². The Morgan fingerprint density at radius 3 is 2.39 bits per heavy atom. The molecular formula is C23H29BrN4O3. The zero-order chi connectivity index (χ0) is 22.8. The summed E-state index contributed by atoms with van der Waals surface area (Å²) in [4.78, 5) is 37.0. The smallest absolute Gasteiger partial charge is 0.315 e. The van der Waals surface area contributed by atoms with Gasteiger partial charge in [-0.2, -0.15) is 0 Å². The third-order valence-electron chi connectivity index (χ3n) is 4.66. The van der Waals surface area contributed by atoms with Crippen LogP contribution in [-0.4, -0.2) is 30.4 Å². The number of nitrogens with one attached hydrogen (secondary N) is 4. The van der Waals surface area contributed by atoms with Gasteiger partial charge in [0, 0.05) is 29.7 Å². The summed E-state index contributed by atoms with van der Waals surface area (Å²) in [5.41, 5.74) is 2.64. The van der Waals surface area contributed by atoms with Gasteiger partial charge in [0.05, 0.1) is 0 Å².